The maximum Gasteiger partial charge on any atom is 0.0406 e. The van der Waals surface area contributed by atoms with Gasteiger partial charge in [0, 0.05) is 17.3 Å². The number of nitrogens with two attached hydrogens (primary N) is 1. The zero-order valence-corrected chi connectivity index (χ0v) is 11.0. The highest BCUT2D eigenvalue weighted by atomic mass is 35.5. The standard InChI is InChI=1S/C15H17ClN2/c16-14-6-4-13(5-7-14)11-18-9-8-12-2-1-3-15(17)10-12/h1-7,10,18H,8-9,11,17H2. The lowest BCUT2D eigenvalue weighted by molar-refractivity contribution is 0.687. The average molecular weight is 261 g/mol. The quantitative estimate of drug-likeness (QED) is 0.640. The van der Waals surface area contributed by atoms with Crippen molar-refractivity contribution in [2.75, 3.05) is 12.3 Å². The molecule has 94 valence electrons. The van der Waals surface area contributed by atoms with Crippen LogP contribution in [-0.2, 0) is 13.0 Å². The highest BCUT2D eigenvalue weighted by Gasteiger charge is 1.95. The van der Waals surface area contributed by atoms with Gasteiger partial charge in [-0.3, -0.25) is 0 Å². The number of hydrogen-bond acceptors (Lipinski definition) is 2. The molecule has 2 aromatic rings. The first-order chi connectivity index (χ1) is 8.74. The third kappa shape index (κ3) is 4.06. The maximum absolute atomic E-state index is 5.84. The van der Waals surface area contributed by atoms with E-state index in [9.17, 15) is 0 Å². The van der Waals surface area contributed by atoms with Gasteiger partial charge < -0.3 is 11.1 Å². The first-order valence-corrected chi connectivity index (χ1v) is 6.41. The summed E-state index contributed by atoms with van der Waals surface area (Å²) in [6, 6.07) is 15.9. The predicted octanol–water partition coefficient (Wildman–Crippen LogP) is 3.25. The van der Waals surface area contributed by atoms with Crippen molar-refractivity contribution in [1.29, 1.82) is 0 Å². The van der Waals surface area contributed by atoms with E-state index in [2.05, 4.69) is 11.4 Å². The SMILES string of the molecule is Nc1cccc(CCNCc2ccc(Cl)cc2)c1. The smallest absolute Gasteiger partial charge is 0.0406 e. The Hall–Kier alpha value is -1.51. The molecule has 0 spiro atoms. The second-order valence-corrected chi connectivity index (χ2v) is 4.73. The molecule has 0 saturated carbocycles. The molecular formula is C15H17ClN2. The first kappa shape index (κ1) is 12.9. The first-order valence-electron chi connectivity index (χ1n) is 6.03. The van der Waals surface area contributed by atoms with Crippen LogP contribution in [0, 0.1) is 0 Å². The number of benzene rings is 2. The molecule has 0 bridgehead atoms. The molecule has 0 aliphatic rings. The summed E-state index contributed by atoms with van der Waals surface area (Å²) in [5, 5.41) is 4.18. The van der Waals surface area contributed by atoms with Gasteiger partial charge in [-0.05, 0) is 48.4 Å². The lowest BCUT2D eigenvalue weighted by atomic mass is 10.1. The van der Waals surface area contributed by atoms with Crippen LogP contribution in [0.4, 0.5) is 5.69 Å². The molecule has 0 saturated heterocycles. The second-order valence-electron chi connectivity index (χ2n) is 4.30. The molecular weight excluding hydrogens is 244 g/mol. The molecule has 3 heteroatoms. The van der Waals surface area contributed by atoms with Crippen molar-refractivity contribution >= 4 is 17.3 Å². The van der Waals surface area contributed by atoms with E-state index >= 15 is 0 Å². The summed E-state index contributed by atoms with van der Waals surface area (Å²) in [4.78, 5) is 0. The lowest BCUT2D eigenvalue weighted by Gasteiger charge is -2.06. The summed E-state index contributed by atoms with van der Waals surface area (Å²) < 4.78 is 0. The number of rotatable bonds is 5. The molecule has 0 aromatic heterocycles. The van der Waals surface area contributed by atoms with Crippen LogP contribution in [0.1, 0.15) is 11.1 Å². The van der Waals surface area contributed by atoms with Crippen molar-refractivity contribution in [3.05, 3.63) is 64.7 Å². The van der Waals surface area contributed by atoms with Crippen LogP contribution in [-0.4, -0.2) is 6.54 Å². The van der Waals surface area contributed by atoms with Crippen molar-refractivity contribution in [3.8, 4) is 0 Å². The predicted molar refractivity (Wildman–Crippen MR) is 77.7 cm³/mol. The van der Waals surface area contributed by atoms with E-state index in [0.29, 0.717) is 0 Å². The van der Waals surface area contributed by atoms with E-state index in [1.807, 2.05) is 42.5 Å². The molecule has 0 aliphatic carbocycles. The van der Waals surface area contributed by atoms with E-state index in [1.165, 1.54) is 11.1 Å². The average Bonchev–Trinajstić information content (AvgIpc) is 2.37. The fraction of sp³-hybridized carbons (Fsp3) is 0.200. The van der Waals surface area contributed by atoms with Gasteiger partial charge in [-0.15, -0.1) is 0 Å². The van der Waals surface area contributed by atoms with Gasteiger partial charge in [0.1, 0.15) is 0 Å². The minimum Gasteiger partial charge on any atom is -0.399 e. The molecule has 0 heterocycles. The number of anilines is 1. The number of halogens is 1. The van der Waals surface area contributed by atoms with Crippen LogP contribution in [0.5, 0.6) is 0 Å². The zero-order valence-electron chi connectivity index (χ0n) is 10.2. The highest BCUT2D eigenvalue weighted by molar-refractivity contribution is 6.30. The van der Waals surface area contributed by atoms with Crippen molar-refractivity contribution in [3.63, 3.8) is 0 Å². The van der Waals surface area contributed by atoms with Gasteiger partial charge in [-0.2, -0.15) is 0 Å². The molecule has 2 nitrogen and oxygen atoms in total. The van der Waals surface area contributed by atoms with Crippen LogP contribution in [0.3, 0.4) is 0 Å². The molecule has 0 radical (unpaired) electrons. The largest absolute Gasteiger partial charge is 0.399 e. The Bertz CT molecular complexity index is 494. The Morgan fingerprint density at radius 1 is 1.00 bits per heavy atom. The Labute approximate surface area is 113 Å². The monoisotopic (exact) mass is 260 g/mol. The van der Waals surface area contributed by atoms with Gasteiger partial charge in [-0.1, -0.05) is 35.9 Å². The molecule has 0 atom stereocenters. The van der Waals surface area contributed by atoms with Crippen LogP contribution in [0.2, 0.25) is 5.02 Å². The van der Waals surface area contributed by atoms with E-state index in [0.717, 1.165) is 30.2 Å². The molecule has 0 unspecified atom stereocenters. The molecule has 18 heavy (non-hydrogen) atoms. The Morgan fingerprint density at radius 3 is 2.50 bits per heavy atom. The van der Waals surface area contributed by atoms with Crippen LogP contribution in [0.15, 0.2) is 48.5 Å². The minimum absolute atomic E-state index is 0.776. The second kappa shape index (κ2) is 6.43. The van der Waals surface area contributed by atoms with Gasteiger partial charge in [0.15, 0.2) is 0 Å². The number of nitrogens with one attached hydrogen (secondary N) is 1. The third-order valence-corrected chi connectivity index (χ3v) is 3.04. The number of nitrogen functional groups attached to an aromatic ring is 1. The fourth-order valence-electron chi connectivity index (χ4n) is 1.82. The van der Waals surface area contributed by atoms with Gasteiger partial charge in [0.05, 0.1) is 0 Å². The van der Waals surface area contributed by atoms with Crippen LogP contribution >= 0.6 is 11.6 Å². The van der Waals surface area contributed by atoms with E-state index in [-0.39, 0.29) is 0 Å². The number of hydrogen-bond donors (Lipinski definition) is 2. The summed E-state index contributed by atoms with van der Waals surface area (Å²) in [5.74, 6) is 0. The van der Waals surface area contributed by atoms with E-state index < -0.39 is 0 Å². The van der Waals surface area contributed by atoms with Gasteiger partial charge >= 0.3 is 0 Å². The Balaban J connectivity index is 1.74. The minimum atomic E-state index is 0.776. The van der Waals surface area contributed by atoms with Crippen LogP contribution < -0.4 is 11.1 Å². The normalized spacial score (nSPS) is 10.5. The van der Waals surface area contributed by atoms with Crippen molar-refractivity contribution in [1.82, 2.24) is 5.32 Å². The maximum atomic E-state index is 5.84. The molecule has 0 amide bonds. The molecule has 0 fully saturated rings. The summed E-state index contributed by atoms with van der Waals surface area (Å²) >= 11 is 5.84. The van der Waals surface area contributed by atoms with Crippen LogP contribution in [0.25, 0.3) is 0 Å². The zero-order chi connectivity index (χ0) is 12.8. The summed E-state index contributed by atoms with van der Waals surface area (Å²) in [5.41, 5.74) is 9.06. The molecule has 2 rings (SSSR count). The Kier molecular flexibility index (Phi) is 4.62. The summed E-state index contributed by atoms with van der Waals surface area (Å²) in [6.07, 6.45) is 0.985. The summed E-state index contributed by atoms with van der Waals surface area (Å²) in [7, 11) is 0. The van der Waals surface area contributed by atoms with E-state index in [4.69, 9.17) is 17.3 Å². The fourth-order valence-corrected chi connectivity index (χ4v) is 1.94. The lowest BCUT2D eigenvalue weighted by Crippen LogP contribution is -2.16. The molecule has 2 aromatic carbocycles. The van der Waals surface area contributed by atoms with E-state index in [1.54, 1.807) is 0 Å². The van der Waals surface area contributed by atoms with Crippen molar-refractivity contribution in [2.24, 2.45) is 0 Å². The van der Waals surface area contributed by atoms with Gasteiger partial charge in [-0.25, -0.2) is 0 Å². The summed E-state index contributed by atoms with van der Waals surface area (Å²) in [6.45, 7) is 1.80. The highest BCUT2D eigenvalue weighted by Crippen LogP contribution is 2.09. The molecule has 0 aliphatic heterocycles. The third-order valence-electron chi connectivity index (χ3n) is 2.78. The van der Waals surface area contributed by atoms with Gasteiger partial charge in [0.25, 0.3) is 0 Å². The van der Waals surface area contributed by atoms with Gasteiger partial charge in [0.2, 0.25) is 0 Å². The molecule has 3 N–H and O–H groups in total. The van der Waals surface area contributed by atoms with Crippen molar-refractivity contribution < 1.29 is 0 Å². The van der Waals surface area contributed by atoms with Crippen molar-refractivity contribution in [2.45, 2.75) is 13.0 Å². The topological polar surface area (TPSA) is 38.0 Å². The Morgan fingerprint density at radius 2 is 1.78 bits per heavy atom.